The normalized spacial score (nSPS) is 14.3. The van der Waals surface area contributed by atoms with Crippen molar-refractivity contribution in [2.45, 2.75) is 18.1 Å². The predicted octanol–water partition coefficient (Wildman–Crippen LogP) is -1.52. The summed E-state index contributed by atoms with van der Waals surface area (Å²) in [5.74, 6) is -1.36. The number of rotatable bonds is 5. The van der Waals surface area contributed by atoms with Crippen LogP contribution < -0.4 is 5.73 Å². The van der Waals surface area contributed by atoms with E-state index in [1.807, 2.05) is 0 Å². The molecule has 0 radical (unpaired) electrons. The number of aliphatic carboxylic acids is 1. The number of halogens is 1. The van der Waals surface area contributed by atoms with E-state index < -0.39 is 37.3 Å². The molecule has 0 aromatic carbocycles. The Labute approximate surface area is 68.6 Å². The minimum Gasteiger partial charge on any atom is -0.480 e. The Morgan fingerprint density at radius 2 is 1.92 bits per heavy atom. The number of aliphatic hydroxyl groups excluding tert-OH is 2. The van der Waals surface area contributed by atoms with E-state index in [-0.39, 0.29) is 0 Å². The molecule has 0 saturated carbocycles. The van der Waals surface area contributed by atoms with Gasteiger partial charge in [-0.05, 0) is 0 Å². The second-order valence-corrected chi connectivity index (χ2v) is 2.62. The van der Waals surface area contributed by atoms with E-state index in [2.05, 4.69) is 0 Å². The Hall–Kier alpha value is -0.720. The van der Waals surface area contributed by atoms with Crippen LogP contribution >= 0.6 is 0 Å². The van der Waals surface area contributed by atoms with E-state index in [0.29, 0.717) is 0 Å². The Morgan fingerprint density at radius 3 is 2.17 bits per heavy atom. The smallest absolute Gasteiger partial charge is 0.320 e. The van der Waals surface area contributed by atoms with Crippen LogP contribution in [0.4, 0.5) is 4.39 Å². The summed E-state index contributed by atoms with van der Waals surface area (Å²) in [6, 6.07) is -1.41. The van der Waals surface area contributed by atoms with E-state index in [0.717, 1.165) is 0 Å². The number of hydrogen-bond acceptors (Lipinski definition) is 4. The molecule has 0 saturated heterocycles. The molecule has 12 heavy (non-hydrogen) atoms. The maximum Gasteiger partial charge on any atom is 0.320 e. The first-order valence-electron chi connectivity index (χ1n) is 3.34. The van der Waals surface area contributed by atoms with Crippen LogP contribution in [0.5, 0.6) is 0 Å². The highest BCUT2D eigenvalue weighted by Gasteiger charge is 2.32. The Balaban J connectivity index is 4.11. The average Bonchev–Trinajstić information content (AvgIpc) is 2.04. The predicted molar refractivity (Wildman–Crippen MR) is 38.2 cm³/mol. The summed E-state index contributed by atoms with van der Waals surface area (Å²) in [6.07, 6.45) is -0.602. The monoisotopic (exact) mass is 181 g/mol. The number of aliphatic hydroxyl groups is 2. The summed E-state index contributed by atoms with van der Waals surface area (Å²) < 4.78 is 13.0. The largest absolute Gasteiger partial charge is 0.480 e. The fraction of sp³-hybridized carbons (Fsp3) is 0.833. The molecule has 0 aromatic heterocycles. The van der Waals surface area contributed by atoms with Crippen LogP contribution in [-0.2, 0) is 4.79 Å². The molecule has 6 heteroatoms. The highest BCUT2D eigenvalue weighted by atomic mass is 19.1. The highest BCUT2D eigenvalue weighted by Crippen LogP contribution is 2.16. The molecule has 0 aromatic rings. The van der Waals surface area contributed by atoms with Crippen LogP contribution in [0.2, 0.25) is 0 Å². The van der Waals surface area contributed by atoms with Crippen molar-refractivity contribution < 1.29 is 24.5 Å². The Bertz CT molecular complexity index is 160. The van der Waals surface area contributed by atoms with Crippen molar-refractivity contribution >= 4 is 5.97 Å². The maximum absolute atomic E-state index is 13.0. The molecular formula is C6H12FNO4. The van der Waals surface area contributed by atoms with Gasteiger partial charge in [0, 0.05) is 6.42 Å². The summed E-state index contributed by atoms with van der Waals surface area (Å²) >= 11 is 0. The zero-order valence-corrected chi connectivity index (χ0v) is 6.40. The van der Waals surface area contributed by atoms with E-state index in [1.54, 1.807) is 0 Å². The molecule has 0 aliphatic heterocycles. The Morgan fingerprint density at radius 1 is 1.50 bits per heavy atom. The molecule has 0 rings (SSSR count). The average molecular weight is 181 g/mol. The van der Waals surface area contributed by atoms with Gasteiger partial charge in [-0.3, -0.25) is 4.79 Å². The lowest BCUT2D eigenvalue weighted by atomic mass is 9.99. The number of nitrogens with two attached hydrogens (primary N) is 1. The summed E-state index contributed by atoms with van der Waals surface area (Å²) in [4.78, 5) is 10.2. The van der Waals surface area contributed by atoms with Gasteiger partial charge in [0.2, 0.25) is 0 Å². The minimum atomic E-state index is -2.31. The molecule has 0 fully saturated rings. The van der Waals surface area contributed by atoms with Crippen molar-refractivity contribution in [3.05, 3.63) is 0 Å². The van der Waals surface area contributed by atoms with Gasteiger partial charge in [-0.25, -0.2) is 4.39 Å². The van der Waals surface area contributed by atoms with E-state index in [9.17, 15) is 9.18 Å². The summed E-state index contributed by atoms with van der Waals surface area (Å²) in [5, 5.41) is 25.1. The first-order chi connectivity index (χ1) is 5.45. The van der Waals surface area contributed by atoms with Crippen molar-refractivity contribution in [1.29, 1.82) is 0 Å². The summed E-state index contributed by atoms with van der Waals surface area (Å²) in [5.41, 5.74) is 2.68. The van der Waals surface area contributed by atoms with Crippen LogP contribution in [-0.4, -0.2) is 46.2 Å². The van der Waals surface area contributed by atoms with Crippen LogP contribution in [0, 0.1) is 0 Å². The van der Waals surface area contributed by atoms with Crippen molar-refractivity contribution in [2.24, 2.45) is 5.73 Å². The Kier molecular flexibility index (Phi) is 4.08. The van der Waals surface area contributed by atoms with Crippen molar-refractivity contribution in [2.75, 3.05) is 13.2 Å². The van der Waals surface area contributed by atoms with Gasteiger partial charge >= 0.3 is 5.97 Å². The fourth-order valence-electron chi connectivity index (χ4n) is 0.661. The number of carboxylic acids is 1. The molecule has 0 heterocycles. The number of alkyl halides is 1. The maximum atomic E-state index is 13.0. The third-order valence-corrected chi connectivity index (χ3v) is 1.47. The van der Waals surface area contributed by atoms with E-state index >= 15 is 0 Å². The molecule has 0 aliphatic carbocycles. The van der Waals surface area contributed by atoms with Gasteiger partial charge in [0.1, 0.15) is 6.04 Å². The number of hydrogen-bond donors (Lipinski definition) is 4. The van der Waals surface area contributed by atoms with Gasteiger partial charge in [-0.15, -0.1) is 0 Å². The zero-order valence-electron chi connectivity index (χ0n) is 6.40. The highest BCUT2D eigenvalue weighted by molar-refractivity contribution is 5.73. The molecule has 72 valence electrons. The molecule has 1 unspecified atom stereocenters. The van der Waals surface area contributed by atoms with Gasteiger partial charge in [-0.1, -0.05) is 0 Å². The van der Waals surface area contributed by atoms with Crippen LogP contribution in [0.3, 0.4) is 0 Å². The van der Waals surface area contributed by atoms with Gasteiger partial charge in [0.15, 0.2) is 5.67 Å². The number of carboxylic acid groups (broad SMARTS) is 1. The van der Waals surface area contributed by atoms with Crippen molar-refractivity contribution in [1.82, 2.24) is 0 Å². The topological polar surface area (TPSA) is 104 Å². The molecule has 0 amide bonds. The second-order valence-electron chi connectivity index (χ2n) is 2.62. The fourth-order valence-corrected chi connectivity index (χ4v) is 0.661. The van der Waals surface area contributed by atoms with Crippen molar-refractivity contribution in [3.8, 4) is 0 Å². The van der Waals surface area contributed by atoms with Gasteiger partial charge < -0.3 is 21.1 Å². The molecule has 1 atom stereocenters. The minimum absolute atomic E-state index is 0.602. The lowest BCUT2D eigenvalue weighted by Gasteiger charge is -2.21. The van der Waals surface area contributed by atoms with E-state index in [4.69, 9.17) is 21.1 Å². The standard InChI is InChI=1S/C6H12FNO4/c7-6(2-9,3-10)1-4(8)5(11)12/h4,9-10H,1-3,8H2,(H,11,12). The third-order valence-electron chi connectivity index (χ3n) is 1.47. The van der Waals surface area contributed by atoms with Gasteiger partial charge in [0.25, 0.3) is 0 Å². The van der Waals surface area contributed by atoms with Crippen molar-refractivity contribution in [3.63, 3.8) is 0 Å². The number of carbonyl (C=O) groups is 1. The first-order valence-corrected chi connectivity index (χ1v) is 3.34. The summed E-state index contributed by atoms with van der Waals surface area (Å²) in [7, 11) is 0. The SMILES string of the molecule is NC(CC(F)(CO)CO)C(=O)O. The molecule has 0 bridgehead atoms. The van der Waals surface area contributed by atoms with Crippen LogP contribution in [0.1, 0.15) is 6.42 Å². The molecule has 0 spiro atoms. The first kappa shape index (κ1) is 11.3. The zero-order chi connectivity index (χ0) is 9.78. The van der Waals surface area contributed by atoms with Gasteiger partial charge in [-0.2, -0.15) is 0 Å². The van der Waals surface area contributed by atoms with Gasteiger partial charge in [0.05, 0.1) is 13.2 Å². The molecular weight excluding hydrogens is 169 g/mol. The summed E-state index contributed by atoms with van der Waals surface area (Å²) in [6.45, 7) is -1.88. The lowest BCUT2D eigenvalue weighted by molar-refractivity contribution is -0.140. The molecule has 0 aliphatic rings. The molecule has 5 N–H and O–H groups in total. The quantitative estimate of drug-likeness (QED) is 0.412. The van der Waals surface area contributed by atoms with Crippen LogP contribution in [0.15, 0.2) is 0 Å². The lowest BCUT2D eigenvalue weighted by Crippen LogP contribution is -2.43. The molecule has 5 nitrogen and oxygen atoms in total. The third kappa shape index (κ3) is 3.12. The second kappa shape index (κ2) is 4.34. The van der Waals surface area contributed by atoms with E-state index in [1.165, 1.54) is 0 Å². The van der Waals surface area contributed by atoms with Crippen LogP contribution in [0.25, 0.3) is 0 Å².